The van der Waals surface area contributed by atoms with E-state index in [4.69, 9.17) is 16.7 Å². The number of carboxylic acid groups (broad SMARTS) is 1. The highest BCUT2D eigenvalue weighted by Crippen LogP contribution is 2.33. The molecule has 1 aromatic heterocycles. The van der Waals surface area contributed by atoms with Crippen LogP contribution >= 0.6 is 11.6 Å². The third-order valence-electron chi connectivity index (χ3n) is 3.98. The van der Waals surface area contributed by atoms with Gasteiger partial charge in [-0.3, -0.25) is 4.90 Å². The van der Waals surface area contributed by atoms with Crippen LogP contribution in [0.3, 0.4) is 0 Å². The van der Waals surface area contributed by atoms with Gasteiger partial charge in [-0.15, -0.1) is 0 Å². The molecule has 2 N–H and O–H groups in total. The molecule has 0 aliphatic carbocycles. The molecule has 1 fully saturated rings. The van der Waals surface area contributed by atoms with Crippen LogP contribution in [0, 0.1) is 0 Å². The Hall–Kier alpha value is -1.60. The van der Waals surface area contributed by atoms with Crippen molar-refractivity contribution >= 4 is 23.5 Å². The number of anilines is 1. The molecule has 0 aromatic carbocycles. The van der Waals surface area contributed by atoms with Gasteiger partial charge in [-0.1, -0.05) is 0 Å². The summed E-state index contributed by atoms with van der Waals surface area (Å²) < 4.78 is 0. The first-order chi connectivity index (χ1) is 9.85. The first-order valence-corrected chi connectivity index (χ1v) is 7.24. The van der Waals surface area contributed by atoms with Crippen molar-refractivity contribution in [3.05, 3.63) is 16.5 Å². The van der Waals surface area contributed by atoms with Crippen molar-refractivity contribution in [2.24, 2.45) is 0 Å². The number of hydrogen-bond donors (Lipinski definition) is 2. The number of piperidine rings is 1. The lowest BCUT2D eigenvalue weighted by atomic mass is 9.95. The van der Waals surface area contributed by atoms with E-state index in [-0.39, 0.29) is 18.4 Å². The lowest BCUT2D eigenvalue weighted by molar-refractivity contribution is 0.0446. The molecule has 2 aliphatic rings. The molecule has 1 aromatic rings. The summed E-state index contributed by atoms with van der Waals surface area (Å²) >= 11 is 5.97. The zero-order chi connectivity index (χ0) is 15.2. The standard InChI is InChI=1S/C13H17ClN4O3/c1-13(21)3-2-4-17(7-13)10-8-5-18(12(19)20)6-9(8)15-11(14)16-10/h21H,2-7H2,1H3,(H,19,20). The fourth-order valence-electron chi connectivity index (χ4n) is 3.01. The smallest absolute Gasteiger partial charge is 0.407 e. The molecule has 1 saturated heterocycles. The summed E-state index contributed by atoms with van der Waals surface area (Å²) in [5, 5.41) is 19.5. The van der Waals surface area contributed by atoms with Crippen molar-refractivity contribution in [3.63, 3.8) is 0 Å². The lowest BCUT2D eigenvalue weighted by Gasteiger charge is -2.38. The average molecular weight is 313 g/mol. The Labute approximate surface area is 127 Å². The molecule has 1 atom stereocenters. The molecular formula is C13H17ClN4O3. The molecule has 0 radical (unpaired) electrons. The molecule has 21 heavy (non-hydrogen) atoms. The highest BCUT2D eigenvalue weighted by molar-refractivity contribution is 6.28. The second-order valence-corrected chi connectivity index (χ2v) is 6.24. The third-order valence-corrected chi connectivity index (χ3v) is 4.15. The van der Waals surface area contributed by atoms with Gasteiger partial charge in [0, 0.05) is 18.7 Å². The van der Waals surface area contributed by atoms with Crippen molar-refractivity contribution in [3.8, 4) is 0 Å². The van der Waals surface area contributed by atoms with Gasteiger partial charge in [0.15, 0.2) is 0 Å². The number of halogens is 1. The average Bonchev–Trinajstić information content (AvgIpc) is 2.80. The van der Waals surface area contributed by atoms with E-state index in [9.17, 15) is 9.90 Å². The van der Waals surface area contributed by atoms with E-state index < -0.39 is 11.7 Å². The van der Waals surface area contributed by atoms with Gasteiger partial charge in [0.1, 0.15) is 5.82 Å². The van der Waals surface area contributed by atoms with Crippen molar-refractivity contribution < 1.29 is 15.0 Å². The summed E-state index contributed by atoms with van der Waals surface area (Å²) in [6.07, 6.45) is 0.610. The van der Waals surface area contributed by atoms with Crippen LogP contribution in [0.5, 0.6) is 0 Å². The minimum absolute atomic E-state index is 0.112. The molecule has 3 rings (SSSR count). The molecule has 7 nitrogen and oxygen atoms in total. The zero-order valence-corrected chi connectivity index (χ0v) is 12.5. The van der Waals surface area contributed by atoms with Crippen molar-refractivity contribution in [1.29, 1.82) is 0 Å². The number of amides is 1. The second kappa shape index (κ2) is 4.99. The fraction of sp³-hybridized carbons (Fsp3) is 0.615. The summed E-state index contributed by atoms with van der Waals surface area (Å²) in [7, 11) is 0. The van der Waals surface area contributed by atoms with E-state index in [0.717, 1.165) is 24.9 Å². The van der Waals surface area contributed by atoms with E-state index in [0.29, 0.717) is 18.1 Å². The van der Waals surface area contributed by atoms with E-state index in [1.54, 1.807) is 6.92 Å². The lowest BCUT2D eigenvalue weighted by Crippen LogP contribution is -2.46. The van der Waals surface area contributed by atoms with Gasteiger partial charge in [0.2, 0.25) is 5.28 Å². The van der Waals surface area contributed by atoms with Crippen LogP contribution in [-0.4, -0.2) is 49.9 Å². The number of rotatable bonds is 1. The predicted octanol–water partition coefficient (Wildman–Crippen LogP) is 1.47. The van der Waals surface area contributed by atoms with Crippen LogP contribution in [0.4, 0.5) is 10.6 Å². The number of nitrogens with zero attached hydrogens (tertiary/aromatic N) is 4. The van der Waals surface area contributed by atoms with E-state index in [1.807, 2.05) is 4.90 Å². The van der Waals surface area contributed by atoms with E-state index >= 15 is 0 Å². The van der Waals surface area contributed by atoms with E-state index in [2.05, 4.69) is 9.97 Å². The molecule has 1 amide bonds. The van der Waals surface area contributed by atoms with Gasteiger partial charge in [-0.25, -0.2) is 14.8 Å². The molecule has 8 heteroatoms. The topological polar surface area (TPSA) is 89.8 Å². The van der Waals surface area contributed by atoms with Crippen LogP contribution < -0.4 is 4.90 Å². The second-order valence-electron chi connectivity index (χ2n) is 5.90. The highest BCUT2D eigenvalue weighted by Gasteiger charge is 2.34. The molecule has 0 spiro atoms. The summed E-state index contributed by atoms with van der Waals surface area (Å²) in [6, 6.07) is 0. The summed E-state index contributed by atoms with van der Waals surface area (Å²) in [4.78, 5) is 22.8. The molecule has 2 aliphatic heterocycles. The largest absolute Gasteiger partial charge is 0.465 e. The summed E-state index contributed by atoms with van der Waals surface area (Å²) in [6.45, 7) is 3.51. The Balaban J connectivity index is 1.95. The number of fused-ring (bicyclic) bond motifs is 1. The number of aromatic nitrogens is 2. The maximum Gasteiger partial charge on any atom is 0.407 e. The zero-order valence-electron chi connectivity index (χ0n) is 11.7. The highest BCUT2D eigenvalue weighted by atomic mass is 35.5. The number of carbonyl (C=O) groups is 1. The predicted molar refractivity (Wildman–Crippen MR) is 76.4 cm³/mol. The first-order valence-electron chi connectivity index (χ1n) is 6.86. The maximum atomic E-state index is 11.1. The van der Waals surface area contributed by atoms with E-state index in [1.165, 1.54) is 4.90 Å². The van der Waals surface area contributed by atoms with Crippen LogP contribution in [-0.2, 0) is 13.1 Å². The molecule has 0 saturated carbocycles. The summed E-state index contributed by atoms with van der Waals surface area (Å²) in [5.41, 5.74) is 0.672. The molecule has 114 valence electrons. The van der Waals surface area contributed by atoms with Gasteiger partial charge in [-0.2, -0.15) is 0 Å². The van der Waals surface area contributed by atoms with Gasteiger partial charge in [-0.05, 0) is 31.4 Å². The monoisotopic (exact) mass is 312 g/mol. The van der Waals surface area contributed by atoms with Crippen LogP contribution in [0.15, 0.2) is 0 Å². The first kappa shape index (κ1) is 14.3. The Kier molecular flexibility index (Phi) is 3.41. The Morgan fingerprint density at radius 1 is 1.38 bits per heavy atom. The number of aliphatic hydroxyl groups is 1. The number of hydrogen-bond acceptors (Lipinski definition) is 5. The molecular weight excluding hydrogens is 296 g/mol. The van der Waals surface area contributed by atoms with Crippen LogP contribution in [0.1, 0.15) is 31.0 Å². The minimum atomic E-state index is -0.985. The summed E-state index contributed by atoms with van der Waals surface area (Å²) in [5.74, 6) is 0.647. The quantitative estimate of drug-likeness (QED) is 0.763. The Morgan fingerprint density at radius 2 is 2.14 bits per heavy atom. The Bertz CT molecular complexity index is 593. The number of β-amino-alcohol motifs (C(OH)–C–C–N with tert-alkyl or cyclic N) is 1. The maximum absolute atomic E-state index is 11.1. The minimum Gasteiger partial charge on any atom is -0.465 e. The molecule has 0 bridgehead atoms. The van der Waals surface area contributed by atoms with Crippen LogP contribution in [0.25, 0.3) is 0 Å². The third kappa shape index (κ3) is 2.75. The van der Waals surface area contributed by atoms with Crippen LogP contribution in [0.2, 0.25) is 5.28 Å². The normalized spacial score (nSPS) is 25.1. The van der Waals surface area contributed by atoms with Gasteiger partial charge < -0.3 is 15.1 Å². The molecule has 3 heterocycles. The SMILES string of the molecule is CC1(O)CCCN(c2nc(Cl)nc3c2CN(C(=O)O)C3)C1. The van der Waals surface area contributed by atoms with Crippen molar-refractivity contribution in [2.75, 3.05) is 18.0 Å². The van der Waals surface area contributed by atoms with Gasteiger partial charge in [0.25, 0.3) is 0 Å². The van der Waals surface area contributed by atoms with Gasteiger partial charge in [0.05, 0.1) is 24.4 Å². The Morgan fingerprint density at radius 3 is 2.81 bits per heavy atom. The molecule has 1 unspecified atom stereocenters. The van der Waals surface area contributed by atoms with Gasteiger partial charge >= 0.3 is 6.09 Å². The van der Waals surface area contributed by atoms with Crippen molar-refractivity contribution in [1.82, 2.24) is 14.9 Å². The van der Waals surface area contributed by atoms with Crippen molar-refractivity contribution in [2.45, 2.75) is 38.5 Å². The fourth-order valence-corrected chi connectivity index (χ4v) is 3.19.